The first-order chi connectivity index (χ1) is 11.4. The minimum atomic E-state index is 0.325. The highest BCUT2D eigenvalue weighted by atomic mass is 16.5. The van der Waals surface area contributed by atoms with Crippen LogP contribution in [0.1, 0.15) is 30.9 Å². The molecule has 1 atom stereocenters. The summed E-state index contributed by atoms with van der Waals surface area (Å²) in [5.74, 6) is 3.66. The summed E-state index contributed by atoms with van der Waals surface area (Å²) in [6.07, 6.45) is 5.95. The molecule has 1 saturated heterocycles. The van der Waals surface area contributed by atoms with Crippen LogP contribution in [-0.4, -0.2) is 44.0 Å². The Morgan fingerprint density at radius 2 is 2.17 bits per heavy atom. The van der Waals surface area contributed by atoms with Gasteiger partial charge in [0.15, 0.2) is 5.82 Å². The van der Waals surface area contributed by atoms with Crippen molar-refractivity contribution in [2.75, 3.05) is 23.8 Å². The maximum Gasteiger partial charge on any atom is 0.152 e. The van der Waals surface area contributed by atoms with E-state index in [1.54, 1.807) is 6.33 Å². The third kappa shape index (κ3) is 3.26. The van der Waals surface area contributed by atoms with Crippen LogP contribution >= 0.6 is 0 Å². The van der Waals surface area contributed by atoms with Crippen molar-refractivity contribution in [2.45, 2.75) is 44.8 Å². The van der Waals surface area contributed by atoms with E-state index in [2.05, 4.69) is 35.4 Å². The van der Waals surface area contributed by atoms with Crippen LogP contribution in [0, 0.1) is 0 Å². The van der Waals surface area contributed by atoms with Crippen LogP contribution in [0.2, 0.25) is 0 Å². The number of nitrogens with zero attached hydrogens (tertiary/aromatic N) is 5. The number of anilines is 2. The highest BCUT2D eigenvalue weighted by molar-refractivity contribution is 5.47. The van der Waals surface area contributed by atoms with Crippen LogP contribution < -0.4 is 10.6 Å². The molecule has 122 valence electrons. The normalized spacial score (nSPS) is 20.3. The van der Waals surface area contributed by atoms with Crippen molar-refractivity contribution in [3.05, 3.63) is 24.0 Å². The molecule has 2 aliphatic heterocycles. The first kappa shape index (κ1) is 14.4. The minimum Gasteiger partial charge on any atom is -0.379 e. The van der Waals surface area contributed by atoms with Crippen LogP contribution in [0.25, 0.3) is 0 Å². The summed E-state index contributed by atoms with van der Waals surface area (Å²) in [7, 11) is 0. The van der Waals surface area contributed by atoms with Gasteiger partial charge in [0.1, 0.15) is 23.8 Å². The lowest BCUT2D eigenvalue weighted by Gasteiger charge is -2.23. The number of aromatic nitrogens is 5. The van der Waals surface area contributed by atoms with Crippen molar-refractivity contribution in [3.8, 4) is 0 Å². The van der Waals surface area contributed by atoms with E-state index in [1.807, 2.05) is 6.07 Å². The topological polar surface area (TPSA) is 89.8 Å². The lowest BCUT2D eigenvalue weighted by Crippen LogP contribution is -2.30. The van der Waals surface area contributed by atoms with Gasteiger partial charge in [-0.3, -0.25) is 0 Å². The van der Waals surface area contributed by atoms with Gasteiger partial charge < -0.3 is 19.9 Å². The number of fused-ring (bicyclic) bond motifs is 1. The number of rotatable bonds is 5. The number of aryl methyl sites for hydroxylation is 1. The largest absolute Gasteiger partial charge is 0.379 e. The van der Waals surface area contributed by atoms with E-state index >= 15 is 0 Å². The molecule has 0 spiro atoms. The Hall–Kier alpha value is -2.22. The number of ether oxygens (including phenoxy) is 1. The Morgan fingerprint density at radius 3 is 3.09 bits per heavy atom. The highest BCUT2D eigenvalue weighted by Gasteiger charge is 2.17. The predicted octanol–water partition coefficient (Wildman–Crippen LogP) is 1.22. The van der Waals surface area contributed by atoms with Crippen LogP contribution in [-0.2, 0) is 24.2 Å². The monoisotopic (exact) mass is 315 g/mol. The summed E-state index contributed by atoms with van der Waals surface area (Å²) >= 11 is 0. The molecule has 1 fully saturated rings. The Kier molecular flexibility index (Phi) is 4.06. The zero-order valence-electron chi connectivity index (χ0n) is 13.0. The Bertz CT molecular complexity index is 666. The molecule has 0 unspecified atom stereocenters. The van der Waals surface area contributed by atoms with Crippen LogP contribution in [0.15, 0.2) is 12.4 Å². The van der Waals surface area contributed by atoms with E-state index in [9.17, 15) is 0 Å². The summed E-state index contributed by atoms with van der Waals surface area (Å²) < 4.78 is 7.67. The second-order valence-electron chi connectivity index (χ2n) is 5.99. The second kappa shape index (κ2) is 6.49. The van der Waals surface area contributed by atoms with Gasteiger partial charge in [0.05, 0.1) is 19.2 Å². The SMILES string of the molecule is c1nc(NCc2nnc3n2CCC3)cc(N[C@@H]2CCCOC2)n1. The fraction of sp³-hybridized carbons (Fsp3) is 0.600. The minimum absolute atomic E-state index is 0.325. The molecule has 8 nitrogen and oxygen atoms in total. The van der Waals surface area contributed by atoms with Crippen molar-refractivity contribution < 1.29 is 4.74 Å². The third-order valence-electron chi connectivity index (χ3n) is 4.29. The fourth-order valence-corrected chi connectivity index (χ4v) is 3.11. The molecule has 0 bridgehead atoms. The van der Waals surface area contributed by atoms with Gasteiger partial charge in [-0.05, 0) is 19.3 Å². The van der Waals surface area contributed by atoms with Gasteiger partial charge in [-0.25, -0.2) is 9.97 Å². The number of hydrogen-bond donors (Lipinski definition) is 2. The maximum absolute atomic E-state index is 5.48. The molecule has 0 radical (unpaired) electrons. The van der Waals surface area contributed by atoms with Gasteiger partial charge in [0, 0.05) is 25.6 Å². The average Bonchev–Trinajstić information content (AvgIpc) is 3.18. The first-order valence-electron chi connectivity index (χ1n) is 8.19. The van der Waals surface area contributed by atoms with Gasteiger partial charge in [-0.1, -0.05) is 0 Å². The molecule has 2 aliphatic rings. The molecule has 8 heteroatoms. The molecule has 0 aliphatic carbocycles. The van der Waals surface area contributed by atoms with Crippen molar-refractivity contribution in [3.63, 3.8) is 0 Å². The molecule has 0 aromatic carbocycles. The lowest BCUT2D eigenvalue weighted by molar-refractivity contribution is 0.0875. The van der Waals surface area contributed by atoms with E-state index in [1.165, 1.54) is 0 Å². The average molecular weight is 315 g/mol. The van der Waals surface area contributed by atoms with Crippen molar-refractivity contribution >= 4 is 11.6 Å². The smallest absolute Gasteiger partial charge is 0.152 e. The fourth-order valence-electron chi connectivity index (χ4n) is 3.11. The van der Waals surface area contributed by atoms with Crippen molar-refractivity contribution in [1.82, 2.24) is 24.7 Å². The molecular weight excluding hydrogens is 294 g/mol. The van der Waals surface area contributed by atoms with Crippen LogP contribution in [0.5, 0.6) is 0 Å². The molecule has 0 amide bonds. The summed E-state index contributed by atoms with van der Waals surface area (Å²) in [4.78, 5) is 8.56. The number of hydrogen-bond acceptors (Lipinski definition) is 7. The zero-order valence-corrected chi connectivity index (χ0v) is 13.0. The molecule has 2 N–H and O–H groups in total. The molecule has 4 rings (SSSR count). The number of nitrogens with one attached hydrogen (secondary N) is 2. The summed E-state index contributed by atoms with van der Waals surface area (Å²) in [5, 5.41) is 15.2. The zero-order chi connectivity index (χ0) is 15.5. The van der Waals surface area contributed by atoms with Crippen LogP contribution in [0.3, 0.4) is 0 Å². The molecule has 4 heterocycles. The Balaban J connectivity index is 1.38. The van der Waals surface area contributed by atoms with Gasteiger partial charge in [-0.15, -0.1) is 10.2 Å². The Morgan fingerprint density at radius 1 is 1.22 bits per heavy atom. The molecule has 0 saturated carbocycles. The van der Waals surface area contributed by atoms with E-state index in [-0.39, 0.29) is 0 Å². The van der Waals surface area contributed by atoms with Gasteiger partial charge in [-0.2, -0.15) is 0 Å². The van der Waals surface area contributed by atoms with E-state index in [0.717, 1.165) is 68.7 Å². The second-order valence-corrected chi connectivity index (χ2v) is 5.99. The summed E-state index contributed by atoms with van der Waals surface area (Å²) in [5.41, 5.74) is 0. The standard InChI is InChI=1S/C15H21N7O/c1-4-14-20-21-15(22(14)5-1)8-16-12-7-13(18-10-17-12)19-11-3-2-6-23-9-11/h7,10-11H,1-6,8-9H2,(H2,16,17,18,19)/t11-/m1/s1. The quantitative estimate of drug-likeness (QED) is 0.857. The first-order valence-corrected chi connectivity index (χ1v) is 8.19. The van der Waals surface area contributed by atoms with E-state index < -0.39 is 0 Å². The summed E-state index contributed by atoms with van der Waals surface area (Å²) in [6, 6.07) is 2.25. The molecular formula is C15H21N7O. The van der Waals surface area contributed by atoms with Gasteiger partial charge >= 0.3 is 0 Å². The molecule has 2 aromatic heterocycles. The predicted molar refractivity (Wildman–Crippen MR) is 85.2 cm³/mol. The third-order valence-corrected chi connectivity index (χ3v) is 4.29. The van der Waals surface area contributed by atoms with Crippen molar-refractivity contribution in [1.29, 1.82) is 0 Å². The Labute approximate surface area is 134 Å². The van der Waals surface area contributed by atoms with Gasteiger partial charge in [0.25, 0.3) is 0 Å². The van der Waals surface area contributed by atoms with E-state index in [4.69, 9.17) is 4.74 Å². The van der Waals surface area contributed by atoms with Crippen molar-refractivity contribution in [2.24, 2.45) is 0 Å². The van der Waals surface area contributed by atoms with E-state index in [0.29, 0.717) is 12.6 Å². The summed E-state index contributed by atoms with van der Waals surface area (Å²) in [6.45, 7) is 3.23. The molecule has 2 aromatic rings. The maximum atomic E-state index is 5.48. The lowest BCUT2D eigenvalue weighted by atomic mass is 10.1. The van der Waals surface area contributed by atoms with Crippen LogP contribution in [0.4, 0.5) is 11.6 Å². The highest BCUT2D eigenvalue weighted by Crippen LogP contribution is 2.17. The molecule has 23 heavy (non-hydrogen) atoms. The van der Waals surface area contributed by atoms with Gasteiger partial charge in [0.2, 0.25) is 0 Å².